The lowest BCUT2D eigenvalue weighted by atomic mass is 10.2. The minimum Gasteiger partial charge on any atom is -0.397 e. The molecule has 1 aromatic rings. The maximum Gasteiger partial charge on any atom is 0.229 e. The fraction of sp³-hybridized carbons (Fsp3) is 0.357. The second-order valence-corrected chi connectivity index (χ2v) is 4.68. The summed E-state index contributed by atoms with van der Waals surface area (Å²) in [5.41, 5.74) is 6.80. The molecule has 0 radical (unpaired) electrons. The molecule has 1 aliphatic heterocycles. The number of para-hydroxylation sites is 2. The Labute approximate surface area is 116 Å². The average molecular weight is 275 g/mol. The van der Waals surface area contributed by atoms with Gasteiger partial charge in [0, 0.05) is 25.8 Å². The fourth-order valence-corrected chi connectivity index (χ4v) is 2.09. The SMILES string of the molecule is Nc1ccccc1NC(=O)CCCN1C(=O)CCC1=O. The molecular weight excluding hydrogens is 258 g/mol. The van der Waals surface area contributed by atoms with Gasteiger partial charge in [0.05, 0.1) is 11.4 Å². The fourth-order valence-electron chi connectivity index (χ4n) is 2.09. The monoisotopic (exact) mass is 275 g/mol. The van der Waals surface area contributed by atoms with E-state index < -0.39 is 0 Å². The molecule has 3 amide bonds. The molecule has 6 heteroatoms. The van der Waals surface area contributed by atoms with Gasteiger partial charge in [-0.3, -0.25) is 19.3 Å². The molecule has 3 N–H and O–H groups in total. The van der Waals surface area contributed by atoms with Gasteiger partial charge in [-0.05, 0) is 18.6 Å². The van der Waals surface area contributed by atoms with E-state index in [4.69, 9.17) is 5.73 Å². The summed E-state index contributed by atoms with van der Waals surface area (Å²) < 4.78 is 0. The number of nitrogens with two attached hydrogens (primary N) is 1. The van der Waals surface area contributed by atoms with Crippen LogP contribution in [0.4, 0.5) is 11.4 Å². The summed E-state index contributed by atoms with van der Waals surface area (Å²) >= 11 is 0. The number of rotatable bonds is 5. The Morgan fingerprint density at radius 1 is 1.20 bits per heavy atom. The number of benzene rings is 1. The van der Waals surface area contributed by atoms with Crippen LogP contribution >= 0.6 is 0 Å². The van der Waals surface area contributed by atoms with Crippen molar-refractivity contribution in [3.63, 3.8) is 0 Å². The van der Waals surface area contributed by atoms with Crippen LogP contribution < -0.4 is 11.1 Å². The van der Waals surface area contributed by atoms with Gasteiger partial charge in [0.15, 0.2) is 0 Å². The van der Waals surface area contributed by atoms with E-state index in [2.05, 4.69) is 5.32 Å². The average Bonchev–Trinajstić information content (AvgIpc) is 2.73. The lowest BCUT2D eigenvalue weighted by molar-refractivity contribution is -0.138. The lowest BCUT2D eigenvalue weighted by Crippen LogP contribution is -2.30. The zero-order chi connectivity index (χ0) is 14.5. The molecule has 0 unspecified atom stereocenters. The Bertz CT molecular complexity index is 526. The number of carbonyl (C=O) groups excluding carboxylic acids is 3. The van der Waals surface area contributed by atoms with Gasteiger partial charge in [-0.2, -0.15) is 0 Å². The predicted molar refractivity (Wildman–Crippen MR) is 74.7 cm³/mol. The lowest BCUT2D eigenvalue weighted by Gasteiger charge is -2.13. The van der Waals surface area contributed by atoms with Crippen LogP contribution in [0.1, 0.15) is 25.7 Å². The number of imide groups is 1. The largest absolute Gasteiger partial charge is 0.397 e. The number of hydrogen-bond donors (Lipinski definition) is 2. The van der Waals surface area contributed by atoms with E-state index in [1.807, 2.05) is 0 Å². The second kappa shape index (κ2) is 6.18. The van der Waals surface area contributed by atoms with E-state index in [-0.39, 0.29) is 37.0 Å². The van der Waals surface area contributed by atoms with Crippen LogP contribution in [0.2, 0.25) is 0 Å². The molecule has 0 saturated carbocycles. The molecule has 1 aliphatic rings. The van der Waals surface area contributed by atoms with Crippen molar-refractivity contribution in [3.05, 3.63) is 24.3 Å². The Morgan fingerprint density at radius 2 is 1.85 bits per heavy atom. The highest BCUT2D eigenvalue weighted by molar-refractivity contribution is 6.02. The van der Waals surface area contributed by atoms with Gasteiger partial charge in [-0.25, -0.2) is 0 Å². The van der Waals surface area contributed by atoms with E-state index in [0.717, 1.165) is 0 Å². The zero-order valence-corrected chi connectivity index (χ0v) is 11.1. The van der Waals surface area contributed by atoms with Crippen molar-refractivity contribution >= 4 is 29.1 Å². The number of nitrogens with one attached hydrogen (secondary N) is 1. The molecule has 6 nitrogen and oxygen atoms in total. The topological polar surface area (TPSA) is 92.5 Å². The normalized spacial score (nSPS) is 14.7. The number of carbonyl (C=O) groups is 3. The van der Waals surface area contributed by atoms with Crippen molar-refractivity contribution in [3.8, 4) is 0 Å². The number of nitrogen functional groups attached to an aromatic ring is 1. The summed E-state index contributed by atoms with van der Waals surface area (Å²) in [7, 11) is 0. The Morgan fingerprint density at radius 3 is 2.50 bits per heavy atom. The molecule has 0 spiro atoms. The summed E-state index contributed by atoms with van der Waals surface area (Å²) in [6, 6.07) is 7.00. The van der Waals surface area contributed by atoms with Gasteiger partial charge < -0.3 is 11.1 Å². The summed E-state index contributed by atoms with van der Waals surface area (Å²) in [6.45, 7) is 0.301. The van der Waals surface area contributed by atoms with E-state index in [0.29, 0.717) is 24.3 Å². The first-order chi connectivity index (χ1) is 9.58. The summed E-state index contributed by atoms with van der Waals surface area (Å²) in [6.07, 6.45) is 1.26. The summed E-state index contributed by atoms with van der Waals surface area (Å²) in [4.78, 5) is 35.7. The third-order valence-corrected chi connectivity index (χ3v) is 3.18. The second-order valence-electron chi connectivity index (χ2n) is 4.68. The van der Waals surface area contributed by atoms with Gasteiger partial charge >= 0.3 is 0 Å². The molecule has 1 heterocycles. The number of hydrogen-bond acceptors (Lipinski definition) is 4. The number of nitrogens with zero attached hydrogens (tertiary/aromatic N) is 1. The van der Waals surface area contributed by atoms with E-state index in [1.165, 1.54) is 4.90 Å². The Kier molecular flexibility index (Phi) is 4.34. The van der Waals surface area contributed by atoms with E-state index >= 15 is 0 Å². The van der Waals surface area contributed by atoms with Crippen molar-refractivity contribution < 1.29 is 14.4 Å². The molecule has 0 aromatic heterocycles. The maximum atomic E-state index is 11.7. The van der Waals surface area contributed by atoms with Gasteiger partial charge in [-0.15, -0.1) is 0 Å². The van der Waals surface area contributed by atoms with Gasteiger partial charge in [0.1, 0.15) is 0 Å². The molecular formula is C14H17N3O3. The predicted octanol–water partition coefficient (Wildman–Crippen LogP) is 1.14. The minimum atomic E-state index is -0.179. The number of likely N-dealkylation sites (tertiary alicyclic amines) is 1. The van der Waals surface area contributed by atoms with Crippen LogP contribution in [0.15, 0.2) is 24.3 Å². The van der Waals surface area contributed by atoms with Crippen molar-refractivity contribution in [2.75, 3.05) is 17.6 Å². The molecule has 106 valence electrons. The van der Waals surface area contributed by atoms with Crippen LogP contribution in [-0.4, -0.2) is 29.2 Å². The first kappa shape index (κ1) is 14.0. The molecule has 20 heavy (non-hydrogen) atoms. The first-order valence-electron chi connectivity index (χ1n) is 6.55. The van der Waals surface area contributed by atoms with Crippen LogP contribution in [0, 0.1) is 0 Å². The standard InChI is InChI=1S/C14H17N3O3/c15-10-4-1-2-5-11(10)16-12(18)6-3-9-17-13(19)7-8-14(17)20/h1-2,4-5H,3,6-9,15H2,(H,16,18). The molecule has 1 fully saturated rings. The molecule has 1 saturated heterocycles. The highest BCUT2D eigenvalue weighted by Crippen LogP contribution is 2.17. The van der Waals surface area contributed by atoms with Crippen LogP contribution in [0.25, 0.3) is 0 Å². The number of amides is 3. The van der Waals surface area contributed by atoms with Gasteiger partial charge in [0.25, 0.3) is 0 Å². The molecule has 0 bridgehead atoms. The summed E-state index contributed by atoms with van der Waals surface area (Å²) in [5.74, 6) is -0.479. The molecule has 0 atom stereocenters. The third-order valence-electron chi connectivity index (χ3n) is 3.18. The van der Waals surface area contributed by atoms with Crippen LogP contribution in [0.5, 0.6) is 0 Å². The van der Waals surface area contributed by atoms with E-state index in [9.17, 15) is 14.4 Å². The van der Waals surface area contributed by atoms with Crippen molar-refractivity contribution in [2.24, 2.45) is 0 Å². The van der Waals surface area contributed by atoms with E-state index in [1.54, 1.807) is 24.3 Å². The smallest absolute Gasteiger partial charge is 0.229 e. The third kappa shape index (κ3) is 3.34. The van der Waals surface area contributed by atoms with Crippen molar-refractivity contribution in [1.29, 1.82) is 0 Å². The molecule has 1 aromatic carbocycles. The quantitative estimate of drug-likeness (QED) is 0.622. The van der Waals surface area contributed by atoms with Gasteiger partial charge in [-0.1, -0.05) is 12.1 Å². The maximum absolute atomic E-state index is 11.7. The number of anilines is 2. The van der Waals surface area contributed by atoms with Crippen molar-refractivity contribution in [2.45, 2.75) is 25.7 Å². The highest BCUT2D eigenvalue weighted by atomic mass is 16.2. The zero-order valence-electron chi connectivity index (χ0n) is 11.1. The first-order valence-corrected chi connectivity index (χ1v) is 6.55. The molecule has 2 rings (SSSR count). The minimum absolute atomic E-state index is 0.150. The van der Waals surface area contributed by atoms with Gasteiger partial charge in [0.2, 0.25) is 17.7 Å². The van der Waals surface area contributed by atoms with Crippen LogP contribution in [-0.2, 0) is 14.4 Å². The molecule has 0 aliphatic carbocycles. The Hall–Kier alpha value is -2.37. The summed E-state index contributed by atoms with van der Waals surface area (Å²) in [5, 5.41) is 2.71. The van der Waals surface area contributed by atoms with Crippen molar-refractivity contribution in [1.82, 2.24) is 4.90 Å². The highest BCUT2D eigenvalue weighted by Gasteiger charge is 2.28. The van der Waals surface area contributed by atoms with Crippen LogP contribution in [0.3, 0.4) is 0 Å². The Balaban J connectivity index is 1.77.